The first-order valence-electron chi connectivity index (χ1n) is 6.40. The van der Waals surface area contributed by atoms with Crippen molar-refractivity contribution in [1.29, 1.82) is 0 Å². The molecule has 0 fully saturated rings. The fraction of sp³-hybridized carbons (Fsp3) is 0.500. The normalized spacial score (nSPS) is 10.5. The summed E-state index contributed by atoms with van der Waals surface area (Å²) in [5.41, 5.74) is 0.0995. The maximum Gasteiger partial charge on any atom is 0.224 e. The van der Waals surface area contributed by atoms with Gasteiger partial charge >= 0.3 is 0 Å². The lowest BCUT2D eigenvalue weighted by Gasteiger charge is -2.06. The molecule has 1 amide bonds. The minimum atomic E-state index is -0.931. The van der Waals surface area contributed by atoms with E-state index in [0.29, 0.717) is 6.54 Å². The molecule has 0 aliphatic heterocycles. The third-order valence-electron chi connectivity index (χ3n) is 2.77. The summed E-state index contributed by atoms with van der Waals surface area (Å²) in [5, 5.41) is 2.72. The van der Waals surface area contributed by atoms with Crippen molar-refractivity contribution >= 4 is 28.5 Å². The number of benzene rings is 1. The second-order valence-electron chi connectivity index (χ2n) is 4.34. The molecule has 19 heavy (non-hydrogen) atoms. The Hall–Kier alpha value is -0.720. The van der Waals surface area contributed by atoms with Crippen LogP contribution in [0.3, 0.4) is 0 Å². The number of alkyl halides is 1. The van der Waals surface area contributed by atoms with Crippen LogP contribution in [0.4, 0.5) is 8.78 Å². The Bertz CT molecular complexity index is 412. The number of rotatable bonds is 8. The van der Waals surface area contributed by atoms with E-state index in [4.69, 9.17) is 0 Å². The van der Waals surface area contributed by atoms with Gasteiger partial charge in [-0.1, -0.05) is 47.6 Å². The summed E-state index contributed by atoms with van der Waals surface area (Å²) in [5.74, 6) is -2.11. The molecule has 0 saturated carbocycles. The van der Waals surface area contributed by atoms with E-state index in [1.54, 1.807) is 0 Å². The molecule has 1 aromatic carbocycles. The highest BCUT2D eigenvalue weighted by molar-refractivity contribution is 14.1. The van der Waals surface area contributed by atoms with Crippen molar-refractivity contribution in [2.75, 3.05) is 11.0 Å². The van der Waals surface area contributed by atoms with Crippen molar-refractivity contribution in [2.24, 2.45) is 0 Å². The van der Waals surface area contributed by atoms with Crippen LogP contribution in [0, 0.1) is 11.6 Å². The minimum absolute atomic E-state index is 0.0995. The predicted molar refractivity (Wildman–Crippen MR) is 80.4 cm³/mol. The molecule has 0 aliphatic carbocycles. The largest absolute Gasteiger partial charge is 0.356 e. The molecule has 0 aliphatic rings. The van der Waals surface area contributed by atoms with Gasteiger partial charge in [0, 0.05) is 12.1 Å². The number of unbranched alkanes of at least 4 members (excludes halogenated alkanes) is 3. The van der Waals surface area contributed by atoms with Gasteiger partial charge in [-0.3, -0.25) is 4.79 Å². The first-order chi connectivity index (χ1) is 9.15. The van der Waals surface area contributed by atoms with Crippen molar-refractivity contribution in [2.45, 2.75) is 32.1 Å². The third kappa shape index (κ3) is 6.31. The van der Waals surface area contributed by atoms with Crippen LogP contribution in [0.1, 0.15) is 31.2 Å². The Kier molecular flexibility index (Phi) is 7.93. The van der Waals surface area contributed by atoms with Crippen LogP contribution in [0.15, 0.2) is 18.2 Å². The molecule has 0 radical (unpaired) electrons. The van der Waals surface area contributed by atoms with Gasteiger partial charge in [-0.25, -0.2) is 8.78 Å². The zero-order chi connectivity index (χ0) is 14.1. The quantitative estimate of drug-likeness (QED) is 0.416. The average Bonchev–Trinajstić information content (AvgIpc) is 2.39. The number of nitrogens with one attached hydrogen (secondary N) is 1. The SMILES string of the molecule is O=C(Cc1cccc(F)c1F)NCCCCCCI. The van der Waals surface area contributed by atoms with Gasteiger partial charge in [0.2, 0.25) is 5.91 Å². The number of carbonyl (C=O) groups is 1. The van der Waals surface area contributed by atoms with E-state index in [2.05, 4.69) is 27.9 Å². The molecule has 1 N–H and O–H groups in total. The lowest BCUT2D eigenvalue weighted by Crippen LogP contribution is -2.26. The Balaban J connectivity index is 2.26. The van der Waals surface area contributed by atoms with Gasteiger partial charge < -0.3 is 5.32 Å². The molecule has 5 heteroatoms. The number of hydrogen-bond donors (Lipinski definition) is 1. The summed E-state index contributed by atoms with van der Waals surface area (Å²) in [6.07, 6.45) is 4.25. The summed E-state index contributed by atoms with van der Waals surface area (Å²) in [6, 6.07) is 3.88. The number of hydrogen-bond acceptors (Lipinski definition) is 1. The molecule has 106 valence electrons. The zero-order valence-electron chi connectivity index (χ0n) is 10.7. The van der Waals surface area contributed by atoms with Crippen molar-refractivity contribution in [3.05, 3.63) is 35.4 Å². The van der Waals surface area contributed by atoms with Gasteiger partial charge in [0.05, 0.1) is 6.42 Å². The molecule has 0 saturated heterocycles. The molecule has 2 nitrogen and oxygen atoms in total. The highest BCUT2D eigenvalue weighted by Crippen LogP contribution is 2.11. The van der Waals surface area contributed by atoms with E-state index < -0.39 is 11.6 Å². The minimum Gasteiger partial charge on any atom is -0.356 e. The maximum atomic E-state index is 13.3. The fourth-order valence-corrected chi connectivity index (χ4v) is 2.26. The molecule has 1 rings (SSSR count). The van der Waals surface area contributed by atoms with Crippen LogP contribution in [-0.4, -0.2) is 16.9 Å². The van der Waals surface area contributed by atoms with Crippen LogP contribution in [0.25, 0.3) is 0 Å². The number of amides is 1. The summed E-state index contributed by atoms with van der Waals surface area (Å²) in [7, 11) is 0. The number of carbonyl (C=O) groups excluding carboxylic acids is 1. The van der Waals surface area contributed by atoms with E-state index in [9.17, 15) is 13.6 Å². The monoisotopic (exact) mass is 381 g/mol. The molecule has 0 heterocycles. The molecule has 1 aromatic rings. The van der Waals surface area contributed by atoms with Crippen molar-refractivity contribution in [1.82, 2.24) is 5.32 Å². The Labute approximate surface area is 126 Å². The number of halogens is 3. The van der Waals surface area contributed by atoms with E-state index in [1.165, 1.54) is 18.6 Å². The van der Waals surface area contributed by atoms with Crippen LogP contribution in [0.2, 0.25) is 0 Å². The Morgan fingerprint density at radius 2 is 1.89 bits per heavy atom. The molecular formula is C14H18F2INO. The lowest BCUT2D eigenvalue weighted by molar-refractivity contribution is -0.120. The van der Waals surface area contributed by atoms with Crippen LogP contribution in [-0.2, 0) is 11.2 Å². The van der Waals surface area contributed by atoms with Gasteiger partial charge in [-0.05, 0) is 23.3 Å². The van der Waals surface area contributed by atoms with Crippen LogP contribution < -0.4 is 5.32 Å². The van der Waals surface area contributed by atoms with Gasteiger partial charge in [0.15, 0.2) is 11.6 Å². The topological polar surface area (TPSA) is 29.1 Å². The second kappa shape index (κ2) is 9.23. The van der Waals surface area contributed by atoms with Crippen LogP contribution in [0.5, 0.6) is 0 Å². The third-order valence-corrected chi connectivity index (χ3v) is 3.53. The lowest BCUT2D eigenvalue weighted by atomic mass is 10.1. The van der Waals surface area contributed by atoms with E-state index in [0.717, 1.165) is 29.8 Å². The van der Waals surface area contributed by atoms with Crippen molar-refractivity contribution < 1.29 is 13.6 Å². The fourth-order valence-electron chi connectivity index (χ4n) is 1.72. The molecule has 0 aromatic heterocycles. The van der Waals surface area contributed by atoms with Gasteiger partial charge in [0.1, 0.15) is 0 Å². The predicted octanol–water partition coefficient (Wildman–Crippen LogP) is 3.62. The molecule has 0 atom stereocenters. The Morgan fingerprint density at radius 3 is 2.63 bits per heavy atom. The van der Waals surface area contributed by atoms with Gasteiger partial charge in [-0.15, -0.1) is 0 Å². The average molecular weight is 381 g/mol. The van der Waals surface area contributed by atoms with Gasteiger partial charge in [-0.2, -0.15) is 0 Å². The smallest absolute Gasteiger partial charge is 0.224 e. The first-order valence-corrected chi connectivity index (χ1v) is 7.93. The van der Waals surface area contributed by atoms with Crippen molar-refractivity contribution in [3.8, 4) is 0 Å². The maximum absolute atomic E-state index is 13.3. The van der Waals surface area contributed by atoms with E-state index in [-0.39, 0.29) is 17.9 Å². The molecular weight excluding hydrogens is 363 g/mol. The molecule has 0 unspecified atom stereocenters. The molecule has 0 spiro atoms. The van der Waals surface area contributed by atoms with Crippen LogP contribution >= 0.6 is 22.6 Å². The summed E-state index contributed by atoms with van der Waals surface area (Å²) < 4.78 is 27.4. The highest BCUT2D eigenvalue weighted by Gasteiger charge is 2.10. The highest BCUT2D eigenvalue weighted by atomic mass is 127. The summed E-state index contributed by atoms with van der Waals surface area (Å²) >= 11 is 2.34. The summed E-state index contributed by atoms with van der Waals surface area (Å²) in [4.78, 5) is 11.6. The molecule has 0 bridgehead atoms. The van der Waals surface area contributed by atoms with E-state index in [1.807, 2.05) is 0 Å². The standard InChI is InChI=1S/C14H18F2INO/c15-12-7-5-6-11(14(12)16)10-13(19)18-9-4-2-1-3-8-17/h5-7H,1-4,8-10H2,(H,18,19). The second-order valence-corrected chi connectivity index (χ2v) is 5.42. The van der Waals surface area contributed by atoms with Gasteiger partial charge in [0.25, 0.3) is 0 Å². The van der Waals surface area contributed by atoms with Crippen molar-refractivity contribution in [3.63, 3.8) is 0 Å². The van der Waals surface area contributed by atoms with E-state index >= 15 is 0 Å². The summed E-state index contributed by atoms with van der Waals surface area (Å²) in [6.45, 7) is 0.594. The Morgan fingerprint density at radius 1 is 1.16 bits per heavy atom. The zero-order valence-corrected chi connectivity index (χ0v) is 12.9. The first kappa shape index (κ1) is 16.3.